The Morgan fingerprint density at radius 2 is 2.16 bits per heavy atom. The third-order valence-corrected chi connectivity index (χ3v) is 3.95. The van der Waals surface area contributed by atoms with Crippen molar-refractivity contribution in [3.05, 3.63) is 30.1 Å². The van der Waals surface area contributed by atoms with Gasteiger partial charge in [-0.1, -0.05) is 6.07 Å². The van der Waals surface area contributed by atoms with Crippen molar-refractivity contribution in [2.24, 2.45) is 5.92 Å². The minimum Gasteiger partial charge on any atom is -0.337 e. The van der Waals surface area contributed by atoms with E-state index in [9.17, 15) is 4.79 Å². The van der Waals surface area contributed by atoms with E-state index in [0.29, 0.717) is 18.0 Å². The van der Waals surface area contributed by atoms with E-state index in [2.05, 4.69) is 11.1 Å². The molecule has 0 unspecified atom stereocenters. The van der Waals surface area contributed by atoms with Crippen LogP contribution in [-0.4, -0.2) is 28.9 Å². The van der Waals surface area contributed by atoms with Crippen LogP contribution in [-0.2, 0) is 0 Å². The van der Waals surface area contributed by atoms with Crippen LogP contribution in [0.4, 0.5) is 0 Å². The lowest BCUT2D eigenvalue weighted by molar-refractivity contribution is 0.0670. The summed E-state index contributed by atoms with van der Waals surface area (Å²) in [5.41, 5.74) is 0.504. The Morgan fingerprint density at radius 3 is 2.74 bits per heavy atom. The molecular weight excluding hydrogens is 238 g/mol. The standard InChI is InChI=1S/C15H19N3O/c1-18(15(19)14-4-2-3-11-17-14)13-7-5-12(6-8-13)9-10-16/h2-4,11-13H,5-9H2,1H3. The molecule has 4 nitrogen and oxygen atoms in total. The Hall–Kier alpha value is -1.89. The van der Waals surface area contributed by atoms with Crippen molar-refractivity contribution >= 4 is 5.91 Å². The van der Waals surface area contributed by atoms with Gasteiger partial charge in [-0.25, -0.2) is 0 Å². The molecule has 0 bridgehead atoms. The summed E-state index contributed by atoms with van der Waals surface area (Å²) >= 11 is 0. The Bertz CT molecular complexity index is 458. The normalized spacial score (nSPS) is 22.5. The van der Waals surface area contributed by atoms with E-state index in [1.807, 2.05) is 24.1 Å². The van der Waals surface area contributed by atoms with Crippen LogP contribution in [0, 0.1) is 17.2 Å². The zero-order chi connectivity index (χ0) is 13.7. The van der Waals surface area contributed by atoms with E-state index < -0.39 is 0 Å². The summed E-state index contributed by atoms with van der Waals surface area (Å²) in [5.74, 6) is 0.504. The summed E-state index contributed by atoms with van der Waals surface area (Å²) in [6.07, 6.45) is 6.34. The number of rotatable bonds is 3. The zero-order valence-electron chi connectivity index (χ0n) is 11.2. The molecule has 100 valence electrons. The van der Waals surface area contributed by atoms with Gasteiger partial charge in [-0.15, -0.1) is 0 Å². The predicted octanol–water partition coefficient (Wildman–Crippen LogP) is 2.63. The molecule has 1 heterocycles. The highest BCUT2D eigenvalue weighted by Gasteiger charge is 2.27. The van der Waals surface area contributed by atoms with Gasteiger partial charge in [-0.2, -0.15) is 5.26 Å². The molecule has 0 aliphatic heterocycles. The van der Waals surface area contributed by atoms with Crippen molar-refractivity contribution in [3.63, 3.8) is 0 Å². The topological polar surface area (TPSA) is 57.0 Å². The maximum atomic E-state index is 12.3. The first-order valence-electron chi connectivity index (χ1n) is 6.77. The van der Waals surface area contributed by atoms with Gasteiger partial charge in [0.1, 0.15) is 5.69 Å². The van der Waals surface area contributed by atoms with E-state index in [0.717, 1.165) is 25.7 Å². The van der Waals surface area contributed by atoms with Crippen molar-refractivity contribution in [3.8, 4) is 6.07 Å². The highest BCUT2D eigenvalue weighted by atomic mass is 16.2. The number of pyridine rings is 1. The van der Waals surface area contributed by atoms with E-state index in [1.54, 1.807) is 12.3 Å². The molecular formula is C15H19N3O. The molecule has 1 aliphatic carbocycles. The molecule has 2 rings (SSSR count). The molecule has 1 aliphatic rings. The third kappa shape index (κ3) is 3.31. The van der Waals surface area contributed by atoms with Gasteiger partial charge in [0.25, 0.3) is 5.91 Å². The van der Waals surface area contributed by atoms with Crippen LogP contribution >= 0.6 is 0 Å². The van der Waals surface area contributed by atoms with Gasteiger partial charge in [0.15, 0.2) is 0 Å². The highest BCUT2D eigenvalue weighted by Crippen LogP contribution is 2.29. The minimum absolute atomic E-state index is 0.00988. The average molecular weight is 257 g/mol. The largest absolute Gasteiger partial charge is 0.337 e. The Labute approximate surface area is 114 Å². The average Bonchev–Trinajstić information content (AvgIpc) is 2.48. The number of amides is 1. The molecule has 0 radical (unpaired) electrons. The van der Waals surface area contributed by atoms with Gasteiger partial charge in [0.05, 0.1) is 6.07 Å². The Morgan fingerprint density at radius 1 is 1.42 bits per heavy atom. The van der Waals surface area contributed by atoms with Gasteiger partial charge in [0.2, 0.25) is 0 Å². The predicted molar refractivity (Wildman–Crippen MR) is 72.3 cm³/mol. The second kappa shape index (κ2) is 6.33. The van der Waals surface area contributed by atoms with E-state index >= 15 is 0 Å². The number of aromatic nitrogens is 1. The van der Waals surface area contributed by atoms with Crippen LogP contribution in [0.25, 0.3) is 0 Å². The van der Waals surface area contributed by atoms with Crippen LogP contribution in [0.15, 0.2) is 24.4 Å². The summed E-state index contributed by atoms with van der Waals surface area (Å²) < 4.78 is 0. The van der Waals surface area contributed by atoms with Crippen LogP contribution < -0.4 is 0 Å². The Kier molecular flexibility index (Phi) is 4.51. The molecule has 0 atom stereocenters. The molecule has 1 saturated carbocycles. The molecule has 0 N–H and O–H groups in total. The lowest BCUT2D eigenvalue weighted by Gasteiger charge is -2.33. The summed E-state index contributed by atoms with van der Waals surface area (Å²) in [7, 11) is 1.85. The van der Waals surface area contributed by atoms with Crippen molar-refractivity contribution in [1.82, 2.24) is 9.88 Å². The van der Waals surface area contributed by atoms with Crippen LogP contribution in [0.1, 0.15) is 42.6 Å². The monoisotopic (exact) mass is 257 g/mol. The maximum Gasteiger partial charge on any atom is 0.272 e. The SMILES string of the molecule is CN(C(=O)c1ccccn1)C1CCC(CC#N)CC1. The molecule has 0 spiro atoms. The van der Waals surface area contributed by atoms with E-state index in [1.165, 1.54) is 0 Å². The summed E-state index contributed by atoms with van der Waals surface area (Å²) in [6.45, 7) is 0. The molecule has 1 amide bonds. The number of hydrogen-bond acceptors (Lipinski definition) is 3. The molecule has 0 saturated heterocycles. The van der Waals surface area contributed by atoms with E-state index in [-0.39, 0.29) is 11.9 Å². The summed E-state index contributed by atoms with van der Waals surface area (Å²) in [4.78, 5) is 18.2. The molecule has 1 aromatic heterocycles. The molecule has 1 aromatic rings. The van der Waals surface area contributed by atoms with Crippen LogP contribution in [0.5, 0.6) is 0 Å². The minimum atomic E-state index is -0.00988. The van der Waals surface area contributed by atoms with Crippen LogP contribution in [0.2, 0.25) is 0 Å². The molecule has 0 aromatic carbocycles. The van der Waals surface area contributed by atoms with Crippen LogP contribution in [0.3, 0.4) is 0 Å². The van der Waals surface area contributed by atoms with Crippen molar-refractivity contribution in [1.29, 1.82) is 5.26 Å². The maximum absolute atomic E-state index is 12.3. The summed E-state index contributed by atoms with van der Waals surface area (Å²) in [6, 6.07) is 7.91. The summed E-state index contributed by atoms with van der Waals surface area (Å²) in [5, 5.41) is 8.71. The van der Waals surface area contributed by atoms with Gasteiger partial charge >= 0.3 is 0 Å². The number of nitriles is 1. The van der Waals surface area contributed by atoms with Gasteiger partial charge < -0.3 is 4.90 Å². The molecule has 19 heavy (non-hydrogen) atoms. The Balaban J connectivity index is 1.93. The number of nitrogens with zero attached hydrogens (tertiary/aromatic N) is 3. The number of carbonyl (C=O) groups is 1. The second-order valence-corrected chi connectivity index (χ2v) is 5.17. The quantitative estimate of drug-likeness (QED) is 0.836. The van der Waals surface area contributed by atoms with Crippen molar-refractivity contribution in [2.45, 2.75) is 38.1 Å². The van der Waals surface area contributed by atoms with E-state index in [4.69, 9.17) is 5.26 Å². The number of hydrogen-bond donors (Lipinski definition) is 0. The molecule has 1 fully saturated rings. The third-order valence-electron chi connectivity index (χ3n) is 3.95. The lowest BCUT2D eigenvalue weighted by atomic mass is 9.84. The lowest BCUT2D eigenvalue weighted by Crippen LogP contribution is -2.39. The smallest absolute Gasteiger partial charge is 0.272 e. The molecule has 4 heteroatoms. The van der Waals surface area contributed by atoms with Crippen molar-refractivity contribution < 1.29 is 4.79 Å². The number of carbonyl (C=O) groups excluding carboxylic acids is 1. The fourth-order valence-electron chi connectivity index (χ4n) is 2.70. The zero-order valence-corrected chi connectivity index (χ0v) is 11.2. The first-order valence-corrected chi connectivity index (χ1v) is 6.77. The first-order chi connectivity index (χ1) is 9.22. The van der Waals surface area contributed by atoms with Gasteiger partial charge in [-0.3, -0.25) is 9.78 Å². The first kappa shape index (κ1) is 13.5. The fraction of sp³-hybridized carbons (Fsp3) is 0.533. The fourth-order valence-corrected chi connectivity index (χ4v) is 2.70. The van der Waals surface area contributed by atoms with Gasteiger partial charge in [0, 0.05) is 25.7 Å². The second-order valence-electron chi connectivity index (χ2n) is 5.17. The van der Waals surface area contributed by atoms with Crippen molar-refractivity contribution in [2.75, 3.05) is 7.05 Å². The highest BCUT2D eigenvalue weighted by molar-refractivity contribution is 5.92. The van der Waals surface area contributed by atoms with Gasteiger partial charge in [-0.05, 0) is 43.7 Å².